The Balaban J connectivity index is 2.68. The molecule has 16 heavy (non-hydrogen) atoms. The van der Waals surface area contributed by atoms with Crippen LogP contribution in [0.5, 0.6) is 0 Å². The van der Waals surface area contributed by atoms with E-state index in [0.717, 1.165) is 0 Å². The molecule has 0 radical (unpaired) electrons. The molecule has 0 aliphatic carbocycles. The van der Waals surface area contributed by atoms with E-state index in [9.17, 15) is 9.18 Å². The Morgan fingerprint density at radius 1 is 1.50 bits per heavy atom. The van der Waals surface area contributed by atoms with Gasteiger partial charge in [0.1, 0.15) is 5.82 Å². The molecule has 1 rings (SSSR count). The van der Waals surface area contributed by atoms with Gasteiger partial charge in [0.25, 0.3) is 5.91 Å². The van der Waals surface area contributed by atoms with E-state index in [-0.39, 0.29) is 12.1 Å². The smallest absolute Gasteiger partial charge is 0.254 e. The van der Waals surface area contributed by atoms with Crippen molar-refractivity contribution in [2.75, 3.05) is 6.54 Å². The average molecular weight is 220 g/mol. The molecule has 0 heterocycles. The minimum absolute atomic E-state index is 0.00348. The van der Waals surface area contributed by atoms with E-state index in [2.05, 4.69) is 11.4 Å². The number of halogens is 1. The number of nitrogens with zero attached hydrogens (tertiary/aromatic N) is 1. The lowest BCUT2D eigenvalue weighted by molar-refractivity contribution is 0.0939. The van der Waals surface area contributed by atoms with Gasteiger partial charge in [0.05, 0.1) is 17.0 Å². The molecular formula is C12H13FN2O. The highest BCUT2D eigenvalue weighted by molar-refractivity contribution is 5.94. The van der Waals surface area contributed by atoms with Crippen LogP contribution < -0.4 is 5.32 Å². The second kappa shape index (κ2) is 4.75. The highest BCUT2D eigenvalue weighted by atomic mass is 19.1. The number of benzene rings is 1. The molecule has 0 saturated carbocycles. The van der Waals surface area contributed by atoms with Crippen molar-refractivity contribution in [3.05, 3.63) is 35.6 Å². The van der Waals surface area contributed by atoms with Gasteiger partial charge >= 0.3 is 0 Å². The van der Waals surface area contributed by atoms with Crippen molar-refractivity contribution >= 4 is 5.91 Å². The van der Waals surface area contributed by atoms with E-state index >= 15 is 0 Å². The van der Waals surface area contributed by atoms with Gasteiger partial charge in [-0.3, -0.25) is 4.79 Å². The molecule has 0 aliphatic heterocycles. The van der Waals surface area contributed by atoms with Crippen molar-refractivity contribution in [1.82, 2.24) is 5.32 Å². The van der Waals surface area contributed by atoms with Gasteiger partial charge in [-0.25, -0.2) is 4.39 Å². The van der Waals surface area contributed by atoms with E-state index in [1.807, 2.05) is 0 Å². The van der Waals surface area contributed by atoms with Crippen LogP contribution in [0.25, 0.3) is 0 Å². The fourth-order valence-electron chi connectivity index (χ4n) is 1.08. The van der Waals surface area contributed by atoms with Gasteiger partial charge < -0.3 is 5.32 Å². The second-order valence-corrected chi connectivity index (χ2v) is 4.16. The summed E-state index contributed by atoms with van der Waals surface area (Å²) in [5.74, 6) is -1.06. The summed E-state index contributed by atoms with van der Waals surface area (Å²) < 4.78 is 13.2. The predicted octanol–water partition coefficient (Wildman–Crippen LogP) is 2.11. The minimum atomic E-state index is -0.652. The molecule has 0 aromatic heterocycles. The molecule has 84 valence electrons. The Morgan fingerprint density at radius 3 is 2.69 bits per heavy atom. The van der Waals surface area contributed by atoms with Gasteiger partial charge in [0.2, 0.25) is 0 Å². The number of hydrogen-bond acceptors (Lipinski definition) is 2. The molecule has 4 heteroatoms. The third-order valence-electron chi connectivity index (χ3n) is 2.11. The Bertz CT molecular complexity index is 435. The number of nitriles is 1. The second-order valence-electron chi connectivity index (χ2n) is 4.16. The SMILES string of the molecule is CC(C)(C#N)CNC(=O)c1ccccc1F. The van der Waals surface area contributed by atoms with Crippen LogP contribution >= 0.6 is 0 Å². The zero-order valence-corrected chi connectivity index (χ0v) is 9.25. The standard InChI is InChI=1S/C12H13FN2O/c1-12(2,7-14)8-15-11(16)9-5-3-4-6-10(9)13/h3-6H,8H2,1-2H3,(H,15,16). The summed E-state index contributed by atoms with van der Waals surface area (Å²) in [6.45, 7) is 3.60. The third-order valence-corrected chi connectivity index (χ3v) is 2.11. The summed E-state index contributed by atoms with van der Waals surface area (Å²) in [6, 6.07) is 7.80. The molecule has 0 aliphatic rings. The molecule has 0 unspecified atom stereocenters. The lowest BCUT2D eigenvalue weighted by Gasteiger charge is -2.15. The number of hydrogen-bond donors (Lipinski definition) is 1. The molecule has 1 aromatic carbocycles. The lowest BCUT2D eigenvalue weighted by Crippen LogP contribution is -2.33. The van der Waals surface area contributed by atoms with E-state index in [1.54, 1.807) is 19.9 Å². The van der Waals surface area contributed by atoms with Crippen molar-refractivity contribution in [2.24, 2.45) is 5.41 Å². The largest absolute Gasteiger partial charge is 0.350 e. The Labute approximate surface area is 93.9 Å². The number of amides is 1. The number of carbonyl (C=O) groups is 1. The predicted molar refractivity (Wildman–Crippen MR) is 58.1 cm³/mol. The summed E-state index contributed by atoms with van der Waals surface area (Å²) in [5, 5.41) is 11.3. The fourth-order valence-corrected chi connectivity index (χ4v) is 1.08. The van der Waals surface area contributed by atoms with Crippen molar-refractivity contribution in [3.63, 3.8) is 0 Å². The molecule has 0 bridgehead atoms. The maximum Gasteiger partial charge on any atom is 0.254 e. The van der Waals surface area contributed by atoms with E-state index in [0.29, 0.717) is 0 Å². The van der Waals surface area contributed by atoms with Crippen LogP contribution in [0.15, 0.2) is 24.3 Å². The van der Waals surface area contributed by atoms with Crippen LogP contribution in [0.3, 0.4) is 0 Å². The highest BCUT2D eigenvalue weighted by Crippen LogP contribution is 2.12. The first kappa shape index (κ1) is 12.2. The lowest BCUT2D eigenvalue weighted by atomic mass is 9.96. The van der Waals surface area contributed by atoms with Gasteiger partial charge in [-0.15, -0.1) is 0 Å². The van der Waals surface area contributed by atoms with Crippen LogP contribution in [0.1, 0.15) is 24.2 Å². The first-order valence-electron chi connectivity index (χ1n) is 4.90. The van der Waals surface area contributed by atoms with Crippen LogP contribution in [-0.4, -0.2) is 12.5 Å². The third kappa shape index (κ3) is 3.06. The van der Waals surface area contributed by atoms with Gasteiger partial charge in [0, 0.05) is 6.54 Å². The van der Waals surface area contributed by atoms with Crippen LogP contribution in [-0.2, 0) is 0 Å². The summed E-state index contributed by atoms with van der Waals surface area (Å²) in [4.78, 5) is 11.6. The molecular weight excluding hydrogens is 207 g/mol. The molecule has 0 saturated heterocycles. The molecule has 0 fully saturated rings. The molecule has 1 N–H and O–H groups in total. The first-order chi connectivity index (χ1) is 7.46. The molecule has 3 nitrogen and oxygen atoms in total. The van der Waals surface area contributed by atoms with Crippen molar-refractivity contribution < 1.29 is 9.18 Å². The number of nitrogens with one attached hydrogen (secondary N) is 1. The Kier molecular flexibility index (Phi) is 3.62. The summed E-state index contributed by atoms with van der Waals surface area (Å²) in [7, 11) is 0. The van der Waals surface area contributed by atoms with Crippen LogP contribution in [0, 0.1) is 22.6 Å². The monoisotopic (exact) mass is 220 g/mol. The first-order valence-corrected chi connectivity index (χ1v) is 4.90. The molecule has 1 amide bonds. The Morgan fingerprint density at radius 2 is 2.12 bits per heavy atom. The minimum Gasteiger partial charge on any atom is -0.350 e. The normalized spacial score (nSPS) is 10.6. The zero-order valence-electron chi connectivity index (χ0n) is 9.25. The van der Waals surface area contributed by atoms with E-state index in [1.165, 1.54) is 18.2 Å². The van der Waals surface area contributed by atoms with Gasteiger partial charge in [0.15, 0.2) is 0 Å². The quantitative estimate of drug-likeness (QED) is 0.848. The molecule has 0 atom stereocenters. The van der Waals surface area contributed by atoms with Crippen molar-refractivity contribution in [1.29, 1.82) is 5.26 Å². The molecule has 1 aromatic rings. The highest BCUT2D eigenvalue weighted by Gasteiger charge is 2.19. The average Bonchev–Trinajstić information content (AvgIpc) is 2.27. The summed E-state index contributed by atoms with van der Waals surface area (Å²) in [6.07, 6.45) is 0. The van der Waals surface area contributed by atoms with E-state index in [4.69, 9.17) is 5.26 Å². The van der Waals surface area contributed by atoms with Gasteiger partial charge in [-0.05, 0) is 26.0 Å². The van der Waals surface area contributed by atoms with Crippen molar-refractivity contribution in [2.45, 2.75) is 13.8 Å². The zero-order chi connectivity index (χ0) is 12.2. The van der Waals surface area contributed by atoms with E-state index < -0.39 is 17.1 Å². The fraction of sp³-hybridized carbons (Fsp3) is 0.333. The van der Waals surface area contributed by atoms with Crippen LogP contribution in [0.4, 0.5) is 4.39 Å². The number of rotatable bonds is 3. The Hall–Kier alpha value is -1.89. The van der Waals surface area contributed by atoms with Crippen LogP contribution in [0.2, 0.25) is 0 Å². The topological polar surface area (TPSA) is 52.9 Å². The number of carbonyl (C=O) groups excluding carboxylic acids is 1. The molecule has 0 spiro atoms. The van der Waals surface area contributed by atoms with Gasteiger partial charge in [-0.2, -0.15) is 5.26 Å². The summed E-state index contributed by atoms with van der Waals surface area (Å²) >= 11 is 0. The summed E-state index contributed by atoms with van der Waals surface area (Å²) in [5.41, 5.74) is -0.655. The maximum absolute atomic E-state index is 13.2. The van der Waals surface area contributed by atoms with Crippen molar-refractivity contribution in [3.8, 4) is 6.07 Å². The van der Waals surface area contributed by atoms with Gasteiger partial charge in [-0.1, -0.05) is 12.1 Å². The maximum atomic E-state index is 13.2.